The molecule has 0 aromatic carbocycles. The summed E-state index contributed by atoms with van der Waals surface area (Å²) in [7, 11) is 1.66. The van der Waals surface area contributed by atoms with Crippen molar-refractivity contribution in [2.75, 3.05) is 4.90 Å². The monoisotopic (exact) mass is 260 g/mol. The van der Waals surface area contributed by atoms with E-state index in [0.29, 0.717) is 12.8 Å². The average Bonchev–Trinajstić information content (AvgIpc) is 2.87. The van der Waals surface area contributed by atoms with Gasteiger partial charge in [-0.05, 0) is 12.8 Å². The van der Waals surface area contributed by atoms with Gasteiger partial charge in [-0.1, -0.05) is 13.8 Å². The summed E-state index contributed by atoms with van der Waals surface area (Å²) in [5.74, 6) is -0.356. The summed E-state index contributed by atoms with van der Waals surface area (Å²) in [6.45, 7) is 3.81. The Bertz CT molecular complexity index is 578. The Hall–Kier alpha value is -2.16. The Morgan fingerprint density at radius 1 is 1.42 bits per heavy atom. The summed E-state index contributed by atoms with van der Waals surface area (Å²) in [6.07, 6.45) is 2.92. The molecule has 0 saturated carbocycles. The predicted octanol–water partition coefficient (Wildman–Crippen LogP) is 1.36. The molecular weight excluding hydrogens is 244 g/mol. The Kier molecular flexibility index (Phi) is 3.14. The maximum Gasteiger partial charge on any atom is 0.241 e. The number of aromatic nitrogens is 2. The van der Waals surface area contributed by atoms with E-state index in [1.807, 2.05) is 19.9 Å². The number of hydrogen-bond acceptors (Lipinski definition) is 4. The van der Waals surface area contributed by atoms with Crippen molar-refractivity contribution < 1.29 is 9.59 Å². The summed E-state index contributed by atoms with van der Waals surface area (Å²) in [5.41, 5.74) is -0.395. The van der Waals surface area contributed by atoms with Crippen molar-refractivity contribution in [2.45, 2.75) is 33.1 Å². The van der Waals surface area contributed by atoms with Crippen LogP contribution in [0.2, 0.25) is 0 Å². The molecule has 1 aliphatic heterocycles. The minimum atomic E-state index is -0.638. The number of aryl methyl sites for hydroxylation is 1. The zero-order valence-electron chi connectivity index (χ0n) is 11.3. The van der Waals surface area contributed by atoms with Crippen LogP contribution in [0.25, 0.3) is 0 Å². The number of amides is 2. The van der Waals surface area contributed by atoms with Crippen LogP contribution in [0.15, 0.2) is 6.20 Å². The molecule has 0 radical (unpaired) electrons. The van der Waals surface area contributed by atoms with Crippen LogP contribution in [-0.4, -0.2) is 21.6 Å². The lowest BCUT2D eigenvalue weighted by molar-refractivity contribution is -0.126. The molecule has 0 aliphatic carbocycles. The summed E-state index contributed by atoms with van der Waals surface area (Å²) >= 11 is 0. The van der Waals surface area contributed by atoms with E-state index in [4.69, 9.17) is 5.26 Å². The van der Waals surface area contributed by atoms with E-state index in [-0.39, 0.29) is 29.6 Å². The SMILES string of the molecule is CCC1(CC)CC(=O)N(c2nn(C)cc2C#N)C1=O. The van der Waals surface area contributed by atoms with Gasteiger partial charge in [-0.2, -0.15) is 10.4 Å². The zero-order valence-corrected chi connectivity index (χ0v) is 11.3. The molecule has 1 saturated heterocycles. The van der Waals surface area contributed by atoms with Gasteiger partial charge in [0.1, 0.15) is 11.6 Å². The molecule has 2 rings (SSSR count). The molecule has 0 N–H and O–H groups in total. The van der Waals surface area contributed by atoms with E-state index in [1.54, 1.807) is 7.05 Å². The van der Waals surface area contributed by atoms with Crippen LogP contribution < -0.4 is 4.90 Å². The van der Waals surface area contributed by atoms with Crippen molar-refractivity contribution in [3.63, 3.8) is 0 Å². The minimum Gasteiger partial charge on any atom is -0.274 e. The molecule has 0 spiro atoms. The highest BCUT2D eigenvalue weighted by Gasteiger charge is 2.50. The van der Waals surface area contributed by atoms with Crippen molar-refractivity contribution in [1.82, 2.24) is 9.78 Å². The van der Waals surface area contributed by atoms with Crippen LogP contribution in [0.3, 0.4) is 0 Å². The number of nitriles is 1. The fraction of sp³-hybridized carbons (Fsp3) is 0.538. The Morgan fingerprint density at radius 3 is 2.53 bits per heavy atom. The lowest BCUT2D eigenvalue weighted by Crippen LogP contribution is -2.35. The van der Waals surface area contributed by atoms with E-state index in [0.717, 1.165) is 4.90 Å². The highest BCUT2D eigenvalue weighted by atomic mass is 16.2. The molecule has 1 aliphatic rings. The van der Waals surface area contributed by atoms with Crippen molar-refractivity contribution in [1.29, 1.82) is 5.26 Å². The summed E-state index contributed by atoms with van der Waals surface area (Å²) in [4.78, 5) is 25.7. The van der Waals surface area contributed by atoms with Crippen molar-refractivity contribution in [3.05, 3.63) is 11.8 Å². The Labute approximate surface area is 111 Å². The van der Waals surface area contributed by atoms with Crippen LogP contribution in [0.4, 0.5) is 5.82 Å². The number of carbonyl (C=O) groups excluding carboxylic acids is 2. The Balaban J connectivity index is 2.49. The fourth-order valence-electron chi connectivity index (χ4n) is 2.53. The van der Waals surface area contributed by atoms with Crippen LogP contribution in [-0.2, 0) is 16.6 Å². The van der Waals surface area contributed by atoms with Crippen LogP contribution in [0.1, 0.15) is 38.7 Å². The molecule has 6 heteroatoms. The topological polar surface area (TPSA) is 79.0 Å². The molecule has 2 heterocycles. The second kappa shape index (κ2) is 4.50. The molecule has 1 aromatic heterocycles. The first-order valence-corrected chi connectivity index (χ1v) is 6.30. The van der Waals surface area contributed by atoms with Gasteiger partial charge in [-0.3, -0.25) is 14.3 Å². The van der Waals surface area contributed by atoms with Gasteiger partial charge >= 0.3 is 0 Å². The second-order valence-corrected chi connectivity index (χ2v) is 4.85. The first-order chi connectivity index (χ1) is 8.99. The maximum atomic E-state index is 12.5. The van der Waals surface area contributed by atoms with Gasteiger partial charge < -0.3 is 0 Å². The molecule has 19 heavy (non-hydrogen) atoms. The van der Waals surface area contributed by atoms with Crippen LogP contribution in [0.5, 0.6) is 0 Å². The van der Waals surface area contributed by atoms with E-state index >= 15 is 0 Å². The van der Waals surface area contributed by atoms with Gasteiger partial charge in [0.2, 0.25) is 11.8 Å². The first-order valence-electron chi connectivity index (χ1n) is 6.30. The number of hydrogen-bond donors (Lipinski definition) is 0. The Morgan fingerprint density at radius 2 is 2.05 bits per heavy atom. The molecule has 6 nitrogen and oxygen atoms in total. The van der Waals surface area contributed by atoms with Gasteiger partial charge in [0.15, 0.2) is 5.82 Å². The third-order valence-corrected chi connectivity index (χ3v) is 3.89. The van der Waals surface area contributed by atoms with Crippen molar-refractivity contribution in [2.24, 2.45) is 12.5 Å². The summed E-state index contributed by atoms with van der Waals surface area (Å²) in [5, 5.41) is 13.1. The highest BCUT2D eigenvalue weighted by molar-refractivity contribution is 6.22. The molecular formula is C13H16N4O2. The van der Waals surface area contributed by atoms with E-state index in [9.17, 15) is 9.59 Å². The quantitative estimate of drug-likeness (QED) is 0.769. The maximum absolute atomic E-state index is 12.5. The predicted molar refractivity (Wildman–Crippen MR) is 68.0 cm³/mol. The van der Waals surface area contributed by atoms with Gasteiger partial charge in [-0.15, -0.1) is 0 Å². The van der Waals surface area contributed by atoms with Crippen molar-refractivity contribution >= 4 is 17.6 Å². The van der Waals surface area contributed by atoms with Gasteiger partial charge in [0.25, 0.3) is 0 Å². The largest absolute Gasteiger partial charge is 0.274 e. The fourth-order valence-corrected chi connectivity index (χ4v) is 2.53. The number of imide groups is 1. The molecule has 0 unspecified atom stereocenters. The van der Waals surface area contributed by atoms with Gasteiger partial charge in [-0.25, -0.2) is 4.90 Å². The van der Waals surface area contributed by atoms with E-state index < -0.39 is 5.41 Å². The highest BCUT2D eigenvalue weighted by Crippen LogP contribution is 2.41. The smallest absolute Gasteiger partial charge is 0.241 e. The lowest BCUT2D eigenvalue weighted by atomic mass is 9.81. The molecule has 2 amide bonds. The van der Waals surface area contributed by atoms with E-state index in [2.05, 4.69) is 5.10 Å². The molecule has 1 aromatic rings. The number of anilines is 1. The minimum absolute atomic E-state index is 0.156. The number of rotatable bonds is 3. The summed E-state index contributed by atoms with van der Waals surface area (Å²) < 4.78 is 1.44. The normalized spacial score (nSPS) is 17.9. The first kappa shape index (κ1) is 13.3. The van der Waals surface area contributed by atoms with Gasteiger partial charge in [0.05, 0.1) is 5.41 Å². The molecule has 0 atom stereocenters. The third kappa shape index (κ3) is 1.82. The molecule has 0 bridgehead atoms. The molecule has 100 valence electrons. The lowest BCUT2D eigenvalue weighted by Gasteiger charge is -2.22. The van der Waals surface area contributed by atoms with E-state index in [1.165, 1.54) is 10.9 Å². The van der Waals surface area contributed by atoms with Crippen LogP contribution in [0, 0.1) is 16.7 Å². The third-order valence-electron chi connectivity index (χ3n) is 3.89. The number of carbonyl (C=O) groups is 2. The molecule has 1 fully saturated rings. The summed E-state index contributed by atoms with van der Waals surface area (Å²) in [6, 6.07) is 1.97. The standard InChI is InChI=1S/C13H16N4O2/c1-4-13(5-2)6-10(18)17(12(13)19)11-9(7-14)8-16(3)15-11/h8H,4-6H2,1-3H3. The zero-order chi connectivity index (χ0) is 14.2. The van der Waals surface area contributed by atoms with Crippen LogP contribution >= 0.6 is 0 Å². The van der Waals surface area contributed by atoms with Gasteiger partial charge in [0, 0.05) is 19.7 Å². The number of nitrogens with zero attached hydrogens (tertiary/aromatic N) is 4. The second-order valence-electron chi connectivity index (χ2n) is 4.85. The average molecular weight is 260 g/mol. The van der Waals surface area contributed by atoms with Crippen molar-refractivity contribution in [3.8, 4) is 6.07 Å².